The third-order valence-corrected chi connectivity index (χ3v) is 5.07. The van der Waals surface area contributed by atoms with Crippen LogP contribution in [0.4, 0.5) is 20.7 Å². The molecule has 3 N–H and O–H groups in total. The van der Waals surface area contributed by atoms with E-state index in [1.807, 2.05) is 20.8 Å². The number of nitriles is 1. The van der Waals surface area contributed by atoms with E-state index in [0.717, 1.165) is 0 Å². The van der Waals surface area contributed by atoms with Gasteiger partial charge in [0.15, 0.2) is 5.82 Å². The van der Waals surface area contributed by atoms with E-state index in [1.54, 1.807) is 0 Å². The Balaban J connectivity index is 1.76. The molecule has 0 bridgehead atoms. The highest BCUT2D eigenvalue weighted by Gasteiger charge is 2.35. The number of aromatic nitrogens is 2. The Labute approximate surface area is 185 Å². The number of ether oxygens (including phenoxy) is 1. The number of amides is 2. The Bertz CT molecular complexity index is 1020. The van der Waals surface area contributed by atoms with Gasteiger partial charge in [-0.2, -0.15) is 10.4 Å². The molecule has 0 unspecified atom stereocenters. The molecule has 1 aromatic carbocycles. The number of likely N-dealkylation sites (tertiary alicyclic amines) is 1. The van der Waals surface area contributed by atoms with Crippen molar-refractivity contribution in [1.29, 1.82) is 5.26 Å². The minimum absolute atomic E-state index is 0.151. The molecule has 3 rings (SSSR count). The number of hydrogen-bond donors (Lipinski definition) is 2. The average Bonchev–Trinajstić information content (AvgIpc) is 3.16. The zero-order chi connectivity index (χ0) is 23.5. The van der Waals surface area contributed by atoms with Crippen LogP contribution in [0.3, 0.4) is 0 Å². The van der Waals surface area contributed by atoms with Crippen LogP contribution in [0.25, 0.3) is 0 Å². The van der Waals surface area contributed by atoms with Crippen LogP contribution >= 0.6 is 0 Å². The van der Waals surface area contributed by atoms with Gasteiger partial charge in [0.1, 0.15) is 11.4 Å². The summed E-state index contributed by atoms with van der Waals surface area (Å²) in [6, 6.07) is 7.47. The van der Waals surface area contributed by atoms with E-state index in [9.17, 15) is 19.2 Å². The molecular formula is C22H27FN6O3. The molecule has 1 aliphatic rings. The zero-order valence-electron chi connectivity index (χ0n) is 18.3. The quantitative estimate of drug-likeness (QED) is 0.730. The van der Waals surface area contributed by atoms with Gasteiger partial charge in [-0.1, -0.05) is 20.8 Å². The van der Waals surface area contributed by atoms with Crippen molar-refractivity contribution >= 4 is 23.5 Å². The molecule has 1 aliphatic heterocycles. The van der Waals surface area contributed by atoms with E-state index < -0.39 is 17.9 Å². The summed E-state index contributed by atoms with van der Waals surface area (Å²) >= 11 is 0. The molecule has 2 amide bonds. The zero-order valence-corrected chi connectivity index (χ0v) is 18.3. The third-order valence-electron chi connectivity index (χ3n) is 5.07. The van der Waals surface area contributed by atoms with Crippen LogP contribution in [0.1, 0.15) is 43.6 Å². The van der Waals surface area contributed by atoms with Gasteiger partial charge in [0, 0.05) is 25.0 Å². The normalized spacial score (nSPS) is 18.7. The minimum atomic E-state index is -0.683. The second-order valence-corrected chi connectivity index (χ2v) is 9.02. The summed E-state index contributed by atoms with van der Waals surface area (Å²) in [5, 5.41) is 17.1. The highest BCUT2D eigenvalue weighted by molar-refractivity contribution is 5.98. The molecule has 1 fully saturated rings. The fourth-order valence-electron chi connectivity index (χ4n) is 3.42. The van der Waals surface area contributed by atoms with Crippen molar-refractivity contribution in [2.24, 2.45) is 17.1 Å². The smallest absolute Gasteiger partial charge is 0.409 e. The van der Waals surface area contributed by atoms with Gasteiger partial charge in [0.2, 0.25) is 0 Å². The molecule has 32 heavy (non-hydrogen) atoms. The molecule has 1 saturated heterocycles. The SMILES string of the molecule is CC(C)(C)COC(=O)N1CC[C@H](n2cc(C(N)=O)c(Nc3ccc(F)cc3)n2)[C@@H](C#N)C1. The Hall–Kier alpha value is -3.61. The number of piperidine rings is 1. The predicted molar refractivity (Wildman–Crippen MR) is 116 cm³/mol. The number of carbonyl (C=O) groups is 2. The molecule has 0 aliphatic carbocycles. The van der Waals surface area contributed by atoms with Crippen LogP contribution in [0.15, 0.2) is 30.5 Å². The lowest BCUT2D eigenvalue weighted by Crippen LogP contribution is -2.45. The first-order chi connectivity index (χ1) is 15.1. The average molecular weight is 442 g/mol. The highest BCUT2D eigenvalue weighted by atomic mass is 19.1. The van der Waals surface area contributed by atoms with Crippen LogP contribution in [0.2, 0.25) is 0 Å². The van der Waals surface area contributed by atoms with Gasteiger partial charge in [-0.3, -0.25) is 9.48 Å². The maximum atomic E-state index is 13.2. The fourth-order valence-corrected chi connectivity index (χ4v) is 3.42. The first-order valence-corrected chi connectivity index (χ1v) is 10.3. The molecular weight excluding hydrogens is 415 g/mol. The number of halogens is 1. The number of benzene rings is 1. The highest BCUT2D eigenvalue weighted by Crippen LogP contribution is 2.30. The van der Waals surface area contributed by atoms with Crippen LogP contribution in [0.5, 0.6) is 0 Å². The topological polar surface area (TPSA) is 126 Å². The van der Waals surface area contributed by atoms with E-state index in [0.29, 0.717) is 18.7 Å². The number of rotatable bonds is 5. The van der Waals surface area contributed by atoms with Crippen molar-refractivity contribution in [3.05, 3.63) is 41.8 Å². The first kappa shape index (κ1) is 23.1. The van der Waals surface area contributed by atoms with Crippen LogP contribution in [-0.2, 0) is 4.74 Å². The Morgan fingerprint density at radius 2 is 2.03 bits per heavy atom. The van der Waals surface area contributed by atoms with Crippen LogP contribution in [-0.4, -0.2) is 46.4 Å². The summed E-state index contributed by atoms with van der Waals surface area (Å²) in [6.07, 6.45) is 1.51. The summed E-state index contributed by atoms with van der Waals surface area (Å²) in [6.45, 7) is 6.76. The molecule has 1 aromatic heterocycles. The lowest BCUT2D eigenvalue weighted by molar-refractivity contribution is 0.0553. The maximum absolute atomic E-state index is 13.2. The van der Waals surface area contributed by atoms with E-state index in [2.05, 4.69) is 16.5 Å². The van der Waals surface area contributed by atoms with E-state index >= 15 is 0 Å². The standard InChI is InChI=1S/C22H27FN6O3/c1-22(2,3)13-32-21(31)28-9-8-18(14(10-24)11-28)29-12-17(19(25)30)20(27-29)26-16-6-4-15(23)5-7-16/h4-7,12,14,18H,8-9,11,13H2,1-3H3,(H2,25,30)(H,26,27)/t14-,18-/m0/s1. The molecule has 0 saturated carbocycles. The molecule has 2 aromatic rings. The minimum Gasteiger partial charge on any atom is -0.449 e. The Kier molecular flexibility index (Phi) is 6.67. The van der Waals surface area contributed by atoms with E-state index in [1.165, 1.54) is 40.0 Å². The summed E-state index contributed by atoms with van der Waals surface area (Å²) in [7, 11) is 0. The number of nitrogens with zero attached hydrogens (tertiary/aromatic N) is 4. The van der Waals surface area contributed by atoms with Crippen molar-refractivity contribution < 1.29 is 18.7 Å². The molecule has 10 heteroatoms. The van der Waals surface area contributed by atoms with Crippen LogP contribution in [0, 0.1) is 28.5 Å². The van der Waals surface area contributed by atoms with Crippen molar-refractivity contribution in [2.75, 3.05) is 25.0 Å². The second kappa shape index (κ2) is 9.26. The Morgan fingerprint density at radius 1 is 1.34 bits per heavy atom. The lowest BCUT2D eigenvalue weighted by atomic mass is 9.93. The number of nitrogens with two attached hydrogens (primary N) is 1. The van der Waals surface area contributed by atoms with Crippen molar-refractivity contribution in [2.45, 2.75) is 33.2 Å². The first-order valence-electron chi connectivity index (χ1n) is 10.3. The maximum Gasteiger partial charge on any atom is 0.409 e. The third kappa shape index (κ3) is 5.55. The number of hydrogen-bond acceptors (Lipinski definition) is 6. The van der Waals surface area contributed by atoms with Gasteiger partial charge in [-0.05, 0) is 36.1 Å². The molecule has 2 atom stereocenters. The summed E-state index contributed by atoms with van der Waals surface area (Å²) in [5.74, 6) is -1.41. The second-order valence-electron chi connectivity index (χ2n) is 9.02. The Morgan fingerprint density at radius 3 is 2.62 bits per heavy atom. The molecule has 0 radical (unpaired) electrons. The monoisotopic (exact) mass is 442 g/mol. The van der Waals surface area contributed by atoms with Crippen molar-refractivity contribution in [3.63, 3.8) is 0 Å². The van der Waals surface area contributed by atoms with Gasteiger partial charge in [-0.15, -0.1) is 0 Å². The molecule has 2 heterocycles. The number of carbonyl (C=O) groups excluding carboxylic acids is 2. The van der Waals surface area contributed by atoms with Crippen molar-refractivity contribution in [1.82, 2.24) is 14.7 Å². The van der Waals surface area contributed by atoms with Gasteiger partial charge in [-0.25, -0.2) is 9.18 Å². The lowest BCUT2D eigenvalue weighted by Gasteiger charge is -2.35. The summed E-state index contributed by atoms with van der Waals surface area (Å²) < 4.78 is 20.1. The van der Waals surface area contributed by atoms with Gasteiger partial charge < -0.3 is 20.7 Å². The summed E-state index contributed by atoms with van der Waals surface area (Å²) in [4.78, 5) is 25.9. The van der Waals surface area contributed by atoms with E-state index in [-0.39, 0.29) is 41.8 Å². The van der Waals surface area contributed by atoms with Gasteiger partial charge in [0.05, 0.1) is 24.6 Å². The molecule has 9 nitrogen and oxygen atoms in total. The van der Waals surface area contributed by atoms with Gasteiger partial charge >= 0.3 is 6.09 Å². The van der Waals surface area contributed by atoms with Gasteiger partial charge in [0.25, 0.3) is 5.91 Å². The number of anilines is 2. The summed E-state index contributed by atoms with van der Waals surface area (Å²) in [5.41, 5.74) is 6.04. The largest absolute Gasteiger partial charge is 0.449 e. The number of primary amides is 1. The number of nitrogens with one attached hydrogen (secondary N) is 1. The molecule has 170 valence electrons. The van der Waals surface area contributed by atoms with Crippen molar-refractivity contribution in [3.8, 4) is 6.07 Å². The van der Waals surface area contributed by atoms with E-state index in [4.69, 9.17) is 10.5 Å². The predicted octanol–water partition coefficient (Wildman–Crippen LogP) is 3.43. The molecule has 0 spiro atoms. The van der Waals surface area contributed by atoms with Crippen LogP contribution < -0.4 is 11.1 Å². The fraction of sp³-hybridized carbons (Fsp3) is 0.455.